The Labute approximate surface area is 119 Å². The van der Waals surface area contributed by atoms with Gasteiger partial charge in [0, 0.05) is 32.1 Å². The van der Waals surface area contributed by atoms with Crippen molar-refractivity contribution in [1.29, 1.82) is 0 Å². The Kier molecular flexibility index (Phi) is 6.25. The molecule has 1 heterocycles. The van der Waals surface area contributed by atoms with Crippen molar-refractivity contribution in [2.75, 3.05) is 19.6 Å². The molecule has 0 saturated carbocycles. The van der Waals surface area contributed by atoms with Crippen molar-refractivity contribution in [1.82, 2.24) is 10.2 Å². The monoisotopic (exact) mass is 286 g/mol. The second kappa shape index (κ2) is 7.46. The number of hydrogen-bond donors (Lipinski definition) is 1. The number of piperazine rings is 1. The second-order valence-electron chi connectivity index (χ2n) is 4.77. The lowest BCUT2D eigenvalue weighted by Gasteiger charge is -2.34. The molecular formula is C14H20ClFN2O. The average molecular weight is 287 g/mol. The quantitative estimate of drug-likeness (QED) is 0.922. The molecule has 1 fully saturated rings. The van der Waals surface area contributed by atoms with E-state index in [-0.39, 0.29) is 30.2 Å². The molecule has 1 aliphatic rings. The van der Waals surface area contributed by atoms with Crippen LogP contribution in [0.1, 0.15) is 18.9 Å². The van der Waals surface area contributed by atoms with Gasteiger partial charge < -0.3 is 10.2 Å². The van der Waals surface area contributed by atoms with Gasteiger partial charge in [-0.15, -0.1) is 12.4 Å². The van der Waals surface area contributed by atoms with Gasteiger partial charge in [0.1, 0.15) is 5.82 Å². The summed E-state index contributed by atoms with van der Waals surface area (Å²) in [6.07, 6.45) is 1.17. The number of nitrogens with zero attached hydrogens (tertiary/aromatic N) is 1. The van der Waals surface area contributed by atoms with Crippen LogP contribution in [0.4, 0.5) is 4.39 Å². The van der Waals surface area contributed by atoms with Crippen LogP contribution in [0.25, 0.3) is 0 Å². The normalized spacial score (nSPS) is 18.8. The van der Waals surface area contributed by atoms with Crippen molar-refractivity contribution in [3.63, 3.8) is 0 Å². The van der Waals surface area contributed by atoms with E-state index in [0.29, 0.717) is 12.8 Å². The fourth-order valence-electron chi connectivity index (χ4n) is 2.26. The van der Waals surface area contributed by atoms with Crippen LogP contribution in [0.15, 0.2) is 24.3 Å². The van der Waals surface area contributed by atoms with E-state index in [9.17, 15) is 9.18 Å². The summed E-state index contributed by atoms with van der Waals surface area (Å²) in [5.41, 5.74) is 1.01. The maximum Gasteiger partial charge on any atom is 0.223 e. The molecule has 1 saturated heterocycles. The first kappa shape index (κ1) is 15.9. The molecule has 3 nitrogen and oxygen atoms in total. The van der Waals surface area contributed by atoms with Crippen LogP contribution in [-0.4, -0.2) is 36.5 Å². The minimum atomic E-state index is -0.235. The summed E-state index contributed by atoms with van der Waals surface area (Å²) >= 11 is 0. The lowest BCUT2D eigenvalue weighted by atomic mass is 10.1. The van der Waals surface area contributed by atoms with Gasteiger partial charge in [-0.2, -0.15) is 0 Å². The number of aryl methyl sites for hydroxylation is 1. The third kappa shape index (κ3) is 4.48. The molecule has 19 heavy (non-hydrogen) atoms. The standard InChI is InChI=1S/C14H19FN2O.ClH/c1-11-10-16-8-9-17(11)14(18)7-4-12-2-5-13(15)6-3-12;/h2-3,5-6,11,16H,4,7-10H2,1H3;1H. The van der Waals surface area contributed by atoms with Gasteiger partial charge in [0.05, 0.1) is 0 Å². The van der Waals surface area contributed by atoms with E-state index in [1.807, 2.05) is 4.90 Å². The van der Waals surface area contributed by atoms with E-state index < -0.39 is 0 Å². The van der Waals surface area contributed by atoms with Gasteiger partial charge in [-0.1, -0.05) is 12.1 Å². The fourth-order valence-corrected chi connectivity index (χ4v) is 2.26. The van der Waals surface area contributed by atoms with Gasteiger partial charge in [0.2, 0.25) is 5.91 Å². The molecule has 1 aliphatic heterocycles. The van der Waals surface area contributed by atoms with Gasteiger partial charge in [-0.3, -0.25) is 4.79 Å². The maximum absolute atomic E-state index is 12.7. The summed E-state index contributed by atoms with van der Waals surface area (Å²) in [4.78, 5) is 14.0. The lowest BCUT2D eigenvalue weighted by Crippen LogP contribution is -2.52. The van der Waals surface area contributed by atoms with E-state index in [4.69, 9.17) is 0 Å². The highest BCUT2D eigenvalue weighted by atomic mass is 35.5. The first-order valence-corrected chi connectivity index (χ1v) is 6.41. The van der Waals surface area contributed by atoms with Crippen LogP contribution in [-0.2, 0) is 11.2 Å². The summed E-state index contributed by atoms with van der Waals surface area (Å²) in [5.74, 6) is -0.0471. The van der Waals surface area contributed by atoms with Crippen LogP contribution in [0.5, 0.6) is 0 Å². The van der Waals surface area contributed by atoms with Gasteiger partial charge in [0.25, 0.3) is 0 Å². The van der Waals surface area contributed by atoms with Crippen LogP contribution in [0, 0.1) is 5.82 Å². The molecule has 0 bridgehead atoms. The van der Waals surface area contributed by atoms with E-state index in [2.05, 4.69) is 12.2 Å². The molecule has 0 radical (unpaired) electrons. The molecule has 2 rings (SSSR count). The number of hydrogen-bond acceptors (Lipinski definition) is 2. The molecule has 0 aliphatic carbocycles. The minimum absolute atomic E-state index is 0. The number of carbonyl (C=O) groups excluding carboxylic acids is 1. The Morgan fingerprint density at radius 3 is 2.74 bits per heavy atom. The van der Waals surface area contributed by atoms with Crippen molar-refractivity contribution in [2.24, 2.45) is 0 Å². The molecule has 1 aromatic rings. The van der Waals surface area contributed by atoms with E-state index in [1.54, 1.807) is 12.1 Å². The molecule has 0 spiro atoms. The van der Waals surface area contributed by atoms with Gasteiger partial charge >= 0.3 is 0 Å². The summed E-state index contributed by atoms with van der Waals surface area (Å²) in [6, 6.07) is 6.62. The van der Waals surface area contributed by atoms with Crippen LogP contribution in [0.2, 0.25) is 0 Å². The zero-order chi connectivity index (χ0) is 13.0. The number of rotatable bonds is 3. The van der Waals surface area contributed by atoms with Gasteiger partial charge in [0.15, 0.2) is 0 Å². The largest absolute Gasteiger partial charge is 0.337 e. The zero-order valence-electron chi connectivity index (χ0n) is 11.1. The molecule has 0 aromatic heterocycles. The Morgan fingerprint density at radius 2 is 2.11 bits per heavy atom. The molecule has 1 N–H and O–H groups in total. The minimum Gasteiger partial charge on any atom is -0.337 e. The third-order valence-electron chi connectivity index (χ3n) is 3.36. The molecule has 1 unspecified atom stereocenters. The van der Waals surface area contributed by atoms with E-state index >= 15 is 0 Å². The van der Waals surface area contributed by atoms with Crippen molar-refractivity contribution < 1.29 is 9.18 Å². The van der Waals surface area contributed by atoms with Crippen molar-refractivity contribution >= 4 is 18.3 Å². The zero-order valence-corrected chi connectivity index (χ0v) is 11.9. The first-order chi connectivity index (χ1) is 8.66. The lowest BCUT2D eigenvalue weighted by molar-refractivity contribution is -0.133. The Balaban J connectivity index is 0.00000180. The van der Waals surface area contributed by atoms with E-state index in [1.165, 1.54) is 12.1 Å². The first-order valence-electron chi connectivity index (χ1n) is 6.41. The van der Waals surface area contributed by atoms with Crippen molar-refractivity contribution in [3.8, 4) is 0 Å². The summed E-state index contributed by atoms with van der Waals surface area (Å²) in [7, 11) is 0. The smallest absolute Gasteiger partial charge is 0.223 e. The molecule has 106 valence electrons. The second-order valence-corrected chi connectivity index (χ2v) is 4.77. The Bertz CT molecular complexity index is 410. The third-order valence-corrected chi connectivity index (χ3v) is 3.36. The van der Waals surface area contributed by atoms with Crippen molar-refractivity contribution in [2.45, 2.75) is 25.8 Å². The number of benzene rings is 1. The fraction of sp³-hybridized carbons (Fsp3) is 0.500. The molecular weight excluding hydrogens is 267 g/mol. The summed E-state index contributed by atoms with van der Waals surface area (Å²) in [6.45, 7) is 4.57. The molecule has 1 amide bonds. The molecule has 5 heteroatoms. The SMILES string of the molecule is CC1CNCCN1C(=O)CCc1ccc(F)cc1.Cl. The maximum atomic E-state index is 12.7. The summed E-state index contributed by atoms with van der Waals surface area (Å²) < 4.78 is 12.7. The van der Waals surface area contributed by atoms with Gasteiger partial charge in [-0.05, 0) is 31.0 Å². The predicted octanol–water partition coefficient (Wildman–Crippen LogP) is 2.00. The Morgan fingerprint density at radius 1 is 1.42 bits per heavy atom. The number of nitrogens with one attached hydrogen (secondary N) is 1. The highest BCUT2D eigenvalue weighted by Crippen LogP contribution is 2.09. The number of halogens is 2. The average Bonchev–Trinajstić information content (AvgIpc) is 2.38. The van der Waals surface area contributed by atoms with Crippen LogP contribution < -0.4 is 5.32 Å². The highest BCUT2D eigenvalue weighted by Gasteiger charge is 2.22. The van der Waals surface area contributed by atoms with Gasteiger partial charge in [-0.25, -0.2) is 4.39 Å². The van der Waals surface area contributed by atoms with Crippen LogP contribution in [0.3, 0.4) is 0 Å². The van der Waals surface area contributed by atoms with Crippen molar-refractivity contribution in [3.05, 3.63) is 35.6 Å². The number of carbonyl (C=O) groups is 1. The number of amides is 1. The Hall–Kier alpha value is -1.13. The predicted molar refractivity (Wildman–Crippen MR) is 76.0 cm³/mol. The topological polar surface area (TPSA) is 32.3 Å². The van der Waals surface area contributed by atoms with E-state index in [0.717, 1.165) is 25.2 Å². The summed E-state index contributed by atoms with van der Waals surface area (Å²) in [5, 5.41) is 3.26. The van der Waals surface area contributed by atoms with Crippen LogP contribution >= 0.6 is 12.4 Å². The molecule has 1 atom stereocenters. The highest BCUT2D eigenvalue weighted by molar-refractivity contribution is 5.85. The molecule has 1 aromatic carbocycles.